The van der Waals surface area contributed by atoms with Crippen LogP contribution in [0.15, 0.2) is 107 Å². The minimum absolute atomic E-state index is 0.0455. The molecule has 6 N–H and O–H groups in total. The first-order chi connectivity index (χ1) is 26.0. The summed E-state index contributed by atoms with van der Waals surface area (Å²) in [5.41, 5.74) is 20.3. The Labute approximate surface area is 320 Å². The number of carbonyl (C=O) groups is 2. The number of guanidine groups is 1. The van der Waals surface area contributed by atoms with Crippen LogP contribution in [0, 0.1) is 12.8 Å². The van der Waals surface area contributed by atoms with Gasteiger partial charge >= 0.3 is 0 Å². The number of carbonyl (C=O) groups excluding carboxylic acids is 2. The van der Waals surface area contributed by atoms with Crippen LogP contribution < -0.4 is 31.6 Å². The molecule has 1 fully saturated rings. The number of nitrogens with two attached hydrogens (primary N) is 3. The number of aliphatic imine (C=N–C) groups is 2. The van der Waals surface area contributed by atoms with Gasteiger partial charge in [-0.25, -0.2) is 0 Å². The van der Waals surface area contributed by atoms with Crippen molar-refractivity contribution in [1.82, 2.24) is 4.90 Å². The van der Waals surface area contributed by atoms with Gasteiger partial charge in [0, 0.05) is 50.4 Å². The van der Waals surface area contributed by atoms with Gasteiger partial charge in [-0.3, -0.25) is 19.6 Å². The Hall–Kier alpha value is -5.84. The highest BCUT2D eigenvalue weighted by Gasteiger charge is 2.23. The standard InChI is InChI=1S/C36H39N3O3.C4H11N3.C3H7NO/c1-5-26(2)35(28-10-9-13-33(24-28)42-32-11-7-6-8-12-32)37-34-25-29(15-14-27(34)3)36(40)39-22-20-38(21-23-39)30-16-18-31(41-4)19-17-30;1-2-3-7-4(5)6;1-2-3(4)5/h6-19,24-26H,5,20-23H2,1-4H3;2-3H2,1H3,(H4,5,6,7);2H2,1H3,(H2,4,5). The van der Waals surface area contributed by atoms with Crippen molar-refractivity contribution in [2.75, 3.05) is 44.7 Å². The van der Waals surface area contributed by atoms with Gasteiger partial charge in [0.25, 0.3) is 5.91 Å². The van der Waals surface area contributed by atoms with Crippen molar-refractivity contribution < 1.29 is 19.1 Å². The molecule has 1 saturated heterocycles. The van der Waals surface area contributed by atoms with Crippen molar-refractivity contribution in [3.63, 3.8) is 0 Å². The number of amides is 2. The molecule has 0 bridgehead atoms. The number of para-hydroxylation sites is 1. The van der Waals surface area contributed by atoms with E-state index in [-0.39, 0.29) is 23.7 Å². The number of rotatable bonds is 12. The number of anilines is 1. The first kappa shape index (κ1) is 42.6. The van der Waals surface area contributed by atoms with Gasteiger partial charge in [0.1, 0.15) is 17.2 Å². The molecular weight excluding hydrogens is 679 g/mol. The zero-order valence-electron chi connectivity index (χ0n) is 32.6. The van der Waals surface area contributed by atoms with E-state index in [2.05, 4.69) is 47.7 Å². The lowest BCUT2D eigenvalue weighted by Gasteiger charge is -2.36. The number of hydrogen-bond donors (Lipinski definition) is 3. The van der Waals surface area contributed by atoms with Crippen LogP contribution in [0.3, 0.4) is 0 Å². The zero-order valence-corrected chi connectivity index (χ0v) is 32.6. The number of primary amides is 1. The summed E-state index contributed by atoms with van der Waals surface area (Å²) < 4.78 is 11.4. The van der Waals surface area contributed by atoms with Gasteiger partial charge in [-0.1, -0.05) is 64.1 Å². The quantitative estimate of drug-likeness (QED) is 0.100. The molecule has 0 spiro atoms. The van der Waals surface area contributed by atoms with Gasteiger partial charge in [-0.15, -0.1) is 0 Å². The van der Waals surface area contributed by atoms with E-state index in [9.17, 15) is 9.59 Å². The Kier molecular flexibility index (Phi) is 17.6. The highest BCUT2D eigenvalue weighted by molar-refractivity contribution is 6.04. The number of ether oxygens (including phenoxy) is 2. The third kappa shape index (κ3) is 13.6. The molecule has 11 heteroatoms. The smallest absolute Gasteiger partial charge is 0.254 e. The van der Waals surface area contributed by atoms with E-state index in [1.165, 1.54) is 0 Å². The maximum atomic E-state index is 13.6. The Balaban J connectivity index is 0.000000566. The SMILES string of the molecule is CCC(C)C(=Nc1cc(C(=O)N2CCN(c3ccc(OC)cc3)CC2)ccc1C)c1cccc(Oc2ccccc2)c1.CCC(N)=O.CCCN=C(N)N. The van der Waals surface area contributed by atoms with Gasteiger partial charge in [0.15, 0.2) is 5.96 Å². The second-order valence-corrected chi connectivity index (χ2v) is 12.9. The number of aryl methyl sites for hydroxylation is 1. The summed E-state index contributed by atoms with van der Waals surface area (Å²) in [6.07, 6.45) is 2.39. The molecule has 11 nitrogen and oxygen atoms in total. The summed E-state index contributed by atoms with van der Waals surface area (Å²) in [5.74, 6) is 2.61. The van der Waals surface area contributed by atoms with E-state index in [1.54, 1.807) is 14.0 Å². The third-order valence-electron chi connectivity index (χ3n) is 8.76. The van der Waals surface area contributed by atoms with Crippen molar-refractivity contribution in [1.29, 1.82) is 0 Å². The van der Waals surface area contributed by atoms with Crippen molar-refractivity contribution in [3.05, 3.63) is 114 Å². The van der Waals surface area contributed by atoms with E-state index >= 15 is 0 Å². The van der Waals surface area contributed by atoms with Crippen LogP contribution in [0.25, 0.3) is 0 Å². The molecule has 5 rings (SSSR count). The van der Waals surface area contributed by atoms with E-state index in [0.29, 0.717) is 25.1 Å². The average molecular weight is 736 g/mol. The predicted octanol–water partition coefficient (Wildman–Crippen LogP) is 7.48. The molecule has 0 saturated carbocycles. The predicted molar refractivity (Wildman–Crippen MR) is 221 cm³/mol. The number of piperazine rings is 1. The van der Waals surface area contributed by atoms with Crippen LogP contribution in [-0.4, -0.2) is 68.2 Å². The van der Waals surface area contributed by atoms with Crippen LogP contribution in [0.2, 0.25) is 0 Å². The second-order valence-electron chi connectivity index (χ2n) is 12.9. The molecule has 1 aliphatic rings. The summed E-state index contributed by atoms with van der Waals surface area (Å²) in [7, 11) is 1.67. The van der Waals surface area contributed by atoms with Gasteiger partial charge in [0.05, 0.1) is 18.5 Å². The van der Waals surface area contributed by atoms with Crippen LogP contribution in [0.1, 0.15) is 68.4 Å². The van der Waals surface area contributed by atoms with E-state index in [4.69, 9.17) is 25.9 Å². The largest absolute Gasteiger partial charge is 0.497 e. The topological polar surface area (TPSA) is 162 Å². The van der Waals surface area contributed by atoms with Gasteiger partial charge in [-0.05, 0) is 97.5 Å². The number of nitrogens with zero attached hydrogens (tertiary/aromatic N) is 4. The van der Waals surface area contributed by atoms with Crippen LogP contribution in [-0.2, 0) is 4.79 Å². The van der Waals surface area contributed by atoms with Crippen molar-refractivity contribution in [2.45, 2.75) is 53.9 Å². The highest BCUT2D eigenvalue weighted by Crippen LogP contribution is 2.28. The van der Waals surface area contributed by atoms with Gasteiger partial charge < -0.3 is 36.5 Å². The first-order valence-corrected chi connectivity index (χ1v) is 18.5. The molecule has 0 radical (unpaired) electrons. The van der Waals surface area contributed by atoms with Gasteiger partial charge in [0.2, 0.25) is 5.91 Å². The minimum atomic E-state index is -0.245. The average Bonchev–Trinajstić information content (AvgIpc) is 3.20. The lowest BCUT2D eigenvalue weighted by atomic mass is 9.95. The zero-order chi connectivity index (χ0) is 39.5. The van der Waals surface area contributed by atoms with Gasteiger partial charge in [-0.2, -0.15) is 0 Å². The Morgan fingerprint density at radius 3 is 1.98 bits per heavy atom. The number of hydrogen-bond acceptors (Lipinski definition) is 7. The number of benzene rings is 4. The van der Waals surface area contributed by atoms with Crippen molar-refractivity contribution in [2.24, 2.45) is 33.1 Å². The molecular formula is C43H57N7O4. The molecule has 0 aliphatic carbocycles. The molecule has 2 amide bonds. The van der Waals surface area contributed by atoms with E-state index in [0.717, 1.165) is 77.9 Å². The second kappa shape index (κ2) is 22.3. The molecule has 1 heterocycles. The summed E-state index contributed by atoms with van der Waals surface area (Å²) >= 11 is 0. The maximum Gasteiger partial charge on any atom is 0.254 e. The van der Waals surface area contributed by atoms with E-state index in [1.807, 2.05) is 97.6 Å². The van der Waals surface area contributed by atoms with Crippen LogP contribution in [0.5, 0.6) is 17.2 Å². The fourth-order valence-corrected chi connectivity index (χ4v) is 5.37. The molecule has 4 aromatic rings. The van der Waals surface area contributed by atoms with Crippen LogP contribution >= 0.6 is 0 Å². The monoisotopic (exact) mass is 735 g/mol. The Morgan fingerprint density at radius 2 is 1.43 bits per heavy atom. The summed E-state index contributed by atoms with van der Waals surface area (Å²) in [6, 6.07) is 31.8. The highest BCUT2D eigenvalue weighted by atomic mass is 16.5. The normalized spacial score (nSPS) is 13.0. The fourth-order valence-electron chi connectivity index (χ4n) is 5.37. The summed E-state index contributed by atoms with van der Waals surface area (Å²) in [6.45, 7) is 13.8. The number of methoxy groups -OCH3 is 1. The molecule has 1 aliphatic heterocycles. The molecule has 1 unspecified atom stereocenters. The summed E-state index contributed by atoms with van der Waals surface area (Å²) in [5, 5.41) is 0. The van der Waals surface area contributed by atoms with E-state index < -0.39 is 0 Å². The van der Waals surface area contributed by atoms with Crippen molar-refractivity contribution in [3.8, 4) is 17.2 Å². The van der Waals surface area contributed by atoms with Crippen molar-refractivity contribution >= 4 is 34.9 Å². The third-order valence-corrected chi connectivity index (χ3v) is 8.76. The molecule has 0 aromatic heterocycles. The molecule has 4 aromatic carbocycles. The minimum Gasteiger partial charge on any atom is -0.497 e. The van der Waals surface area contributed by atoms with Crippen LogP contribution in [0.4, 0.5) is 11.4 Å². The Morgan fingerprint density at radius 1 is 0.778 bits per heavy atom. The Bertz CT molecular complexity index is 1820. The molecule has 288 valence electrons. The lowest BCUT2D eigenvalue weighted by molar-refractivity contribution is -0.117. The fraction of sp³-hybridized carbons (Fsp3) is 0.349. The lowest BCUT2D eigenvalue weighted by Crippen LogP contribution is -2.48. The molecule has 1 atom stereocenters. The summed E-state index contributed by atoms with van der Waals surface area (Å²) in [4.78, 5) is 36.3. The maximum absolute atomic E-state index is 13.6. The first-order valence-electron chi connectivity index (χ1n) is 18.5. The molecule has 54 heavy (non-hydrogen) atoms.